The number of benzene rings is 2. The van der Waals surface area contributed by atoms with Gasteiger partial charge in [0.2, 0.25) is 0 Å². The summed E-state index contributed by atoms with van der Waals surface area (Å²) in [5.74, 6) is 0.448. The lowest BCUT2D eigenvalue weighted by atomic mass is 9.93. The molecular weight excluding hydrogens is 505 g/mol. The van der Waals surface area contributed by atoms with Crippen molar-refractivity contribution >= 4 is 38.4 Å². The largest absolute Gasteiger partial charge is 0.366 e. The van der Waals surface area contributed by atoms with Gasteiger partial charge in [-0.2, -0.15) is 5.10 Å². The molecule has 0 radical (unpaired) electrons. The third kappa shape index (κ3) is 6.69. The number of fused-ring (bicyclic) bond motifs is 1. The van der Waals surface area contributed by atoms with Crippen LogP contribution in [0.25, 0.3) is 16.6 Å². The molecule has 5 rings (SSSR count). The number of piperidine rings is 1. The van der Waals surface area contributed by atoms with E-state index in [0.717, 1.165) is 48.6 Å². The molecule has 2 aliphatic rings. The van der Waals surface area contributed by atoms with E-state index in [1.807, 2.05) is 22.9 Å². The fraction of sp³-hybridized carbons (Fsp3) is 0.500. The van der Waals surface area contributed by atoms with Crippen molar-refractivity contribution in [3.8, 4) is 5.69 Å². The van der Waals surface area contributed by atoms with E-state index in [0.29, 0.717) is 22.8 Å². The second-order valence-corrected chi connectivity index (χ2v) is 12.9. The molecule has 37 heavy (non-hydrogen) atoms. The van der Waals surface area contributed by atoms with Crippen LogP contribution in [0.2, 0.25) is 0 Å². The fourth-order valence-corrected chi connectivity index (χ4v) is 8.40. The number of amides is 1. The number of nitrogens with zero attached hydrogens (tertiary/aromatic N) is 2. The maximum absolute atomic E-state index is 15.2. The van der Waals surface area contributed by atoms with Crippen LogP contribution in [-0.4, -0.2) is 45.8 Å². The number of carbonyl (C=O) groups excluding carboxylic acids is 1. The Balaban J connectivity index is 1.13. The second-order valence-electron chi connectivity index (χ2n) is 10.1. The van der Waals surface area contributed by atoms with E-state index in [-0.39, 0.29) is 11.9 Å². The van der Waals surface area contributed by atoms with Gasteiger partial charge in [-0.3, -0.25) is 4.79 Å². The molecular formula is C28H36FN5OS2. The molecule has 6 nitrogen and oxygen atoms in total. The Morgan fingerprint density at radius 3 is 2.92 bits per heavy atom. The SMILES string of the molecule is NC(=O)c1cccc2cn(-c3ccc(C4CCCC(CNCCCCCC5CCSS5)N4)cc3F)nc12. The predicted molar refractivity (Wildman–Crippen MR) is 153 cm³/mol. The summed E-state index contributed by atoms with van der Waals surface area (Å²) < 4.78 is 16.7. The van der Waals surface area contributed by atoms with Gasteiger partial charge in [0.15, 0.2) is 0 Å². The first kappa shape index (κ1) is 26.5. The number of nitrogens with two attached hydrogens (primary N) is 1. The summed E-state index contributed by atoms with van der Waals surface area (Å²) in [5.41, 5.74) is 7.61. The molecule has 3 unspecified atom stereocenters. The van der Waals surface area contributed by atoms with Crippen LogP contribution in [0.15, 0.2) is 42.6 Å². The lowest BCUT2D eigenvalue weighted by Gasteiger charge is -2.32. The molecule has 2 aromatic carbocycles. The van der Waals surface area contributed by atoms with E-state index in [4.69, 9.17) is 5.73 Å². The number of primary amides is 1. The Bertz CT molecular complexity index is 1210. The van der Waals surface area contributed by atoms with Gasteiger partial charge in [0, 0.05) is 41.2 Å². The van der Waals surface area contributed by atoms with Gasteiger partial charge >= 0.3 is 0 Å². The highest BCUT2D eigenvalue weighted by Crippen LogP contribution is 2.39. The molecule has 4 N–H and O–H groups in total. The van der Waals surface area contributed by atoms with E-state index in [9.17, 15) is 4.79 Å². The van der Waals surface area contributed by atoms with Gasteiger partial charge in [-0.15, -0.1) is 0 Å². The monoisotopic (exact) mass is 541 g/mol. The predicted octanol–water partition coefficient (Wildman–Crippen LogP) is 5.75. The fourth-order valence-electron chi connectivity index (χ4n) is 5.38. The molecule has 1 amide bonds. The molecule has 2 aliphatic heterocycles. The van der Waals surface area contributed by atoms with Gasteiger partial charge in [0.05, 0.1) is 5.56 Å². The summed E-state index contributed by atoms with van der Waals surface area (Å²) in [5, 5.41) is 13.4. The van der Waals surface area contributed by atoms with Crippen LogP contribution in [0.4, 0.5) is 4.39 Å². The third-order valence-corrected chi connectivity index (χ3v) is 10.4. The number of hydrogen-bond acceptors (Lipinski definition) is 6. The van der Waals surface area contributed by atoms with Gasteiger partial charge < -0.3 is 16.4 Å². The minimum atomic E-state index is -0.545. The normalized spacial score (nSPS) is 22.0. The van der Waals surface area contributed by atoms with E-state index >= 15 is 4.39 Å². The maximum Gasteiger partial charge on any atom is 0.250 e. The molecule has 0 saturated carbocycles. The molecule has 1 aromatic heterocycles. The van der Waals surface area contributed by atoms with Crippen LogP contribution in [-0.2, 0) is 0 Å². The van der Waals surface area contributed by atoms with Crippen molar-refractivity contribution in [2.24, 2.45) is 5.73 Å². The zero-order valence-corrected chi connectivity index (χ0v) is 22.8. The number of nitrogens with one attached hydrogen (secondary N) is 2. The van der Waals surface area contributed by atoms with Crippen LogP contribution >= 0.6 is 21.6 Å². The summed E-state index contributed by atoms with van der Waals surface area (Å²) in [6, 6.07) is 11.1. The molecule has 3 aromatic rings. The lowest BCUT2D eigenvalue weighted by Crippen LogP contribution is -2.43. The summed E-state index contributed by atoms with van der Waals surface area (Å²) in [6.07, 6.45) is 11.6. The van der Waals surface area contributed by atoms with E-state index in [2.05, 4.69) is 26.5 Å². The van der Waals surface area contributed by atoms with Crippen molar-refractivity contribution in [3.05, 3.63) is 59.5 Å². The molecule has 2 fully saturated rings. The van der Waals surface area contributed by atoms with Crippen molar-refractivity contribution in [3.63, 3.8) is 0 Å². The number of carbonyl (C=O) groups is 1. The number of hydrogen-bond donors (Lipinski definition) is 3. The Morgan fingerprint density at radius 1 is 1.19 bits per heavy atom. The van der Waals surface area contributed by atoms with Gasteiger partial charge in [0.25, 0.3) is 5.91 Å². The number of aromatic nitrogens is 2. The van der Waals surface area contributed by atoms with Crippen LogP contribution in [0.5, 0.6) is 0 Å². The Labute approximate surface area is 226 Å². The molecule has 0 bridgehead atoms. The standard InChI is InChI=1S/C28H36FN5OS2/c29-24-16-19(11-12-26(24)34-18-20-6-4-9-23(28(30)35)27(20)33-34)25-10-5-7-21(32-25)17-31-14-3-1-2-8-22-13-15-36-37-22/h4,6,9,11-12,16,18,21-22,25,31-32H,1-3,5,7-8,10,13-15,17H2,(H2,30,35). The summed E-state index contributed by atoms with van der Waals surface area (Å²) in [6.45, 7) is 2.02. The topological polar surface area (TPSA) is 85.0 Å². The van der Waals surface area contributed by atoms with E-state index < -0.39 is 5.91 Å². The quantitative estimate of drug-likeness (QED) is 0.212. The average Bonchev–Trinajstić information content (AvgIpc) is 3.58. The smallest absolute Gasteiger partial charge is 0.250 e. The third-order valence-electron chi connectivity index (χ3n) is 7.40. The second kappa shape index (κ2) is 12.7. The first-order valence-corrected chi connectivity index (χ1v) is 15.8. The van der Waals surface area contributed by atoms with Crippen molar-refractivity contribution in [1.29, 1.82) is 0 Å². The van der Waals surface area contributed by atoms with Crippen LogP contribution in [0.3, 0.4) is 0 Å². The van der Waals surface area contributed by atoms with Gasteiger partial charge in [-0.25, -0.2) is 9.07 Å². The van der Waals surface area contributed by atoms with Crippen LogP contribution in [0.1, 0.15) is 73.3 Å². The molecule has 0 spiro atoms. The highest BCUT2D eigenvalue weighted by Gasteiger charge is 2.23. The number of rotatable bonds is 11. The summed E-state index contributed by atoms with van der Waals surface area (Å²) in [4.78, 5) is 11.7. The van der Waals surface area contributed by atoms with Crippen LogP contribution in [0, 0.1) is 5.82 Å². The average molecular weight is 542 g/mol. The summed E-state index contributed by atoms with van der Waals surface area (Å²) >= 11 is 0. The van der Waals surface area contributed by atoms with Crippen molar-refractivity contribution in [2.75, 3.05) is 18.8 Å². The molecule has 2 saturated heterocycles. The zero-order chi connectivity index (χ0) is 25.6. The first-order chi connectivity index (χ1) is 18.1. The molecule has 3 atom stereocenters. The van der Waals surface area contributed by atoms with E-state index in [1.165, 1.54) is 42.5 Å². The summed E-state index contributed by atoms with van der Waals surface area (Å²) in [7, 11) is 4.11. The minimum absolute atomic E-state index is 0.143. The van der Waals surface area contributed by atoms with Crippen LogP contribution < -0.4 is 16.4 Å². The maximum atomic E-state index is 15.2. The Hall–Kier alpha value is -2.07. The Kier molecular flexibility index (Phi) is 9.07. The molecule has 9 heteroatoms. The molecule has 0 aliphatic carbocycles. The molecule has 198 valence electrons. The zero-order valence-electron chi connectivity index (χ0n) is 21.1. The highest BCUT2D eigenvalue weighted by molar-refractivity contribution is 8.77. The van der Waals surface area contributed by atoms with Crippen molar-refractivity contribution in [2.45, 2.75) is 68.7 Å². The van der Waals surface area contributed by atoms with Gasteiger partial charge in [-0.1, -0.05) is 52.6 Å². The highest BCUT2D eigenvalue weighted by atomic mass is 33.1. The van der Waals surface area contributed by atoms with Crippen molar-refractivity contribution < 1.29 is 9.18 Å². The van der Waals surface area contributed by atoms with Gasteiger partial charge in [0.1, 0.15) is 17.0 Å². The van der Waals surface area contributed by atoms with E-state index in [1.54, 1.807) is 30.5 Å². The van der Waals surface area contributed by atoms with Gasteiger partial charge in [-0.05, 0) is 68.8 Å². The molecule has 3 heterocycles. The Morgan fingerprint density at radius 2 is 2.11 bits per heavy atom. The first-order valence-electron chi connectivity index (χ1n) is 13.4. The minimum Gasteiger partial charge on any atom is -0.366 e. The lowest BCUT2D eigenvalue weighted by molar-refractivity contribution is 0.100. The number of halogens is 1. The van der Waals surface area contributed by atoms with Crippen molar-refractivity contribution in [1.82, 2.24) is 20.4 Å². The number of unbranched alkanes of at least 4 members (excludes halogenated alkanes) is 2.